The number of fused-ring (bicyclic) bond motifs is 1. The molecule has 3 heterocycles. The molecule has 1 N–H and O–H groups in total. The Kier molecular flexibility index (Phi) is 4.69. The van der Waals surface area contributed by atoms with Gasteiger partial charge in [0.2, 0.25) is 11.8 Å². The van der Waals surface area contributed by atoms with Gasteiger partial charge in [-0.25, -0.2) is 0 Å². The molecular formula is C18H20N4O3S. The number of hydrogen-bond donors (Lipinski definition) is 1. The minimum absolute atomic E-state index is 0.0675. The number of H-pyrrole nitrogens is 1. The van der Waals surface area contributed by atoms with Crippen molar-refractivity contribution in [3.63, 3.8) is 0 Å². The van der Waals surface area contributed by atoms with Crippen LogP contribution in [-0.2, 0) is 9.53 Å². The number of nitrogens with zero attached hydrogens (tertiary/aromatic N) is 3. The third kappa shape index (κ3) is 3.34. The Labute approximate surface area is 155 Å². The Morgan fingerprint density at radius 2 is 2.08 bits per heavy atom. The summed E-state index contributed by atoms with van der Waals surface area (Å²) < 4.78 is 11.0. The summed E-state index contributed by atoms with van der Waals surface area (Å²) in [4.78, 5) is 17.3. The van der Waals surface area contributed by atoms with Crippen molar-refractivity contribution < 1.29 is 13.9 Å². The fourth-order valence-electron chi connectivity index (χ4n) is 3.01. The van der Waals surface area contributed by atoms with Crippen molar-refractivity contribution in [3.8, 4) is 11.5 Å². The lowest BCUT2D eigenvalue weighted by Crippen LogP contribution is -2.41. The third-order valence-electron chi connectivity index (χ3n) is 4.64. The van der Waals surface area contributed by atoms with Crippen molar-refractivity contribution in [1.82, 2.24) is 20.1 Å². The lowest BCUT2D eigenvalue weighted by molar-refractivity contribution is -0.132. The number of ether oxygens (including phenoxy) is 1. The lowest BCUT2D eigenvalue weighted by Gasteiger charge is -2.26. The highest BCUT2D eigenvalue weighted by molar-refractivity contribution is 7.99. The van der Waals surface area contributed by atoms with E-state index < -0.39 is 0 Å². The van der Waals surface area contributed by atoms with Crippen LogP contribution in [-0.4, -0.2) is 58.0 Å². The summed E-state index contributed by atoms with van der Waals surface area (Å²) in [6.45, 7) is 6.63. The summed E-state index contributed by atoms with van der Waals surface area (Å²) in [7, 11) is 0. The van der Waals surface area contributed by atoms with Crippen molar-refractivity contribution in [2.24, 2.45) is 0 Å². The van der Waals surface area contributed by atoms with E-state index in [-0.39, 0.29) is 11.7 Å². The van der Waals surface area contributed by atoms with E-state index in [2.05, 4.69) is 35.1 Å². The molecule has 0 spiro atoms. The predicted molar refractivity (Wildman–Crippen MR) is 99.2 cm³/mol. The van der Waals surface area contributed by atoms with Gasteiger partial charge in [0, 0.05) is 35.2 Å². The maximum absolute atomic E-state index is 12.2. The fraction of sp³-hybridized carbons (Fsp3) is 0.389. The second-order valence-electron chi connectivity index (χ2n) is 6.29. The van der Waals surface area contributed by atoms with Gasteiger partial charge in [0.05, 0.1) is 19.0 Å². The van der Waals surface area contributed by atoms with Crippen LogP contribution in [0.4, 0.5) is 0 Å². The Balaban J connectivity index is 1.46. The van der Waals surface area contributed by atoms with Crippen molar-refractivity contribution in [2.75, 3.05) is 32.1 Å². The number of morpholine rings is 1. The first kappa shape index (κ1) is 17.1. The van der Waals surface area contributed by atoms with E-state index in [1.165, 1.54) is 17.3 Å². The summed E-state index contributed by atoms with van der Waals surface area (Å²) in [6.07, 6.45) is 0. The number of carbonyl (C=O) groups excluding carboxylic acids is 1. The average molecular weight is 372 g/mol. The van der Waals surface area contributed by atoms with Gasteiger partial charge in [-0.15, -0.1) is 10.2 Å². The van der Waals surface area contributed by atoms with Gasteiger partial charge in [-0.1, -0.05) is 11.8 Å². The zero-order valence-electron chi connectivity index (χ0n) is 14.7. The molecule has 1 aromatic carbocycles. The highest BCUT2D eigenvalue weighted by Crippen LogP contribution is 2.28. The Morgan fingerprint density at radius 3 is 2.88 bits per heavy atom. The fourth-order valence-corrected chi connectivity index (χ4v) is 3.67. The maximum atomic E-state index is 12.2. The Morgan fingerprint density at radius 1 is 1.27 bits per heavy atom. The van der Waals surface area contributed by atoms with Crippen LogP contribution in [0.25, 0.3) is 22.4 Å². The van der Waals surface area contributed by atoms with Crippen LogP contribution >= 0.6 is 11.8 Å². The van der Waals surface area contributed by atoms with Gasteiger partial charge in [-0.05, 0) is 37.6 Å². The van der Waals surface area contributed by atoms with E-state index in [0.717, 1.165) is 22.2 Å². The molecule has 1 saturated heterocycles. The van der Waals surface area contributed by atoms with Crippen molar-refractivity contribution in [1.29, 1.82) is 0 Å². The quantitative estimate of drug-likeness (QED) is 0.709. The standard InChI is InChI=1S/C18H20N4O3S/c1-11-12(2)19-15-4-3-13(9-14(11)15)17-20-21-18(25-17)26-10-16(23)22-5-7-24-8-6-22/h3-4,9,19H,5-8,10H2,1-2H3. The molecule has 1 amide bonds. The van der Waals surface area contributed by atoms with E-state index >= 15 is 0 Å². The summed E-state index contributed by atoms with van der Waals surface area (Å²) >= 11 is 1.27. The molecule has 1 aliphatic rings. The molecule has 1 fully saturated rings. The number of nitrogens with one attached hydrogen (secondary N) is 1. The number of aryl methyl sites for hydroxylation is 2. The van der Waals surface area contributed by atoms with Crippen molar-refractivity contribution >= 4 is 28.6 Å². The van der Waals surface area contributed by atoms with Gasteiger partial charge in [-0.2, -0.15) is 0 Å². The minimum Gasteiger partial charge on any atom is -0.411 e. The number of carbonyl (C=O) groups is 1. The molecular weight excluding hydrogens is 352 g/mol. The molecule has 0 bridgehead atoms. The van der Waals surface area contributed by atoms with E-state index in [4.69, 9.17) is 9.15 Å². The third-order valence-corrected chi connectivity index (χ3v) is 5.45. The molecule has 0 atom stereocenters. The maximum Gasteiger partial charge on any atom is 0.277 e. The average Bonchev–Trinajstić information content (AvgIpc) is 3.25. The molecule has 0 radical (unpaired) electrons. The van der Waals surface area contributed by atoms with Gasteiger partial charge < -0.3 is 19.0 Å². The van der Waals surface area contributed by atoms with E-state index in [1.807, 2.05) is 12.1 Å². The molecule has 4 rings (SSSR count). The van der Waals surface area contributed by atoms with E-state index in [1.54, 1.807) is 4.90 Å². The monoisotopic (exact) mass is 372 g/mol. The molecule has 2 aromatic heterocycles. The van der Waals surface area contributed by atoms with E-state index in [9.17, 15) is 4.79 Å². The van der Waals surface area contributed by atoms with Crippen LogP contribution in [0, 0.1) is 13.8 Å². The Bertz CT molecular complexity index is 943. The largest absolute Gasteiger partial charge is 0.411 e. The van der Waals surface area contributed by atoms with Crippen molar-refractivity contribution in [2.45, 2.75) is 19.1 Å². The number of amides is 1. The second kappa shape index (κ2) is 7.13. The molecule has 8 heteroatoms. The van der Waals surface area contributed by atoms with Crippen LogP contribution < -0.4 is 0 Å². The SMILES string of the molecule is Cc1[nH]c2ccc(-c3nnc(SCC(=O)N4CCOCC4)o3)cc2c1C. The number of aromatic amines is 1. The summed E-state index contributed by atoms with van der Waals surface area (Å²) in [5.74, 6) is 0.820. The molecule has 3 aromatic rings. The summed E-state index contributed by atoms with van der Waals surface area (Å²) in [5, 5.41) is 9.74. The van der Waals surface area contributed by atoms with Crippen LogP contribution in [0.3, 0.4) is 0 Å². The number of rotatable bonds is 4. The summed E-state index contributed by atoms with van der Waals surface area (Å²) in [6, 6.07) is 6.03. The molecule has 0 saturated carbocycles. The first-order chi connectivity index (χ1) is 12.6. The normalized spacial score (nSPS) is 14.9. The zero-order chi connectivity index (χ0) is 18.1. The van der Waals surface area contributed by atoms with Gasteiger partial charge in [0.15, 0.2) is 0 Å². The zero-order valence-corrected chi connectivity index (χ0v) is 15.6. The molecule has 0 unspecified atom stereocenters. The number of thioether (sulfide) groups is 1. The van der Waals surface area contributed by atoms with Gasteiger partial charge in [0.25, 0.3) is 5.22 Å². The highest BCUT2D eigenvalue weighted by Gasteiger charge is 2.18. The van der Waals surface area contributed by atoms with Gasteiger partial charge >= 0.3 is 0 Å². The second-order valence-corrected chi connectivity index (χ2v) is 7.22. The molecule has 1 aliphatic heterocycles. The number of hydrogen-bond acceptors (Lipinski definition) is 6. The van der Waals surface area contributed by atoms with Crippen LogP contribution in [0.1, 0.15) is 11.3 Å². The summed E-state index contributed by atoms with van der Waals surface area (Å²) in [5.41, 5.74) is 4.33. The lowest BCUT2D eigenvalue weighted by atomic mass is 10.1. The topological polar surface area (TPSA) is 84.2 Å². The van der Waals surface area contributed by atoms with Crippen molar-refractivity contribution in [3.05, 3.63) is 29.5 Å². The predicted octanol–water partition coefficient (Wildman–Crippen LogP) is 2.79. The number of benzene rings is 1. The molecule has 7 nitrogen and oxygen atoms in total. The minimum atomic E-state index is 0.0675. The van der Waals surface area contributed by atoms with Gasteiger partial charge in [0.1, 0.15) is 0 Å². The molecule has 0 aliphatic carbocycles. The van der Waals surface area contributed by atoms with E-state index in [0.29, 0.717) is 37.4 Å². The Hall–Kier alpha value is -2.32. The van der Waals surface area contributed by atoms with Crippen LogP contribution in [0.5, 0.6) is 0 Å². The number of aromatic nitrogens is 3. The highest BCUT2D eigenvalue weighted by atomic mass is 32.2. The molecule has 26 heavy (non-hydrogen) atoms. The molecule has 136 valence electrons. The van der Waals surface area contributed by atoms with Crippen LogP contribution in [0.15, 0.2) is 27.8 Å². The van der Waals surface area contributed by atoms with Crippen LogP contribution in [0.2, 0.25) is 0 Å². The van der Waals surface area contributed by atoms with Gasteiger partial charge in [-0.3, -0.25) is 4.79 Å². The first-order valence-corrected chi connectivity index (χ1v) is 9.51. The first-order valence-electron chi connectivity index (χ1n) is 8.53. The smallest absolute Gasteiger partial charge is 0.277 e.